The molecule has 15 nitrogen and oxygen atoms in total. The minimum absolute atomic E-state index is 0.00831. The molecule has 2 aromatic carbocycles. The molecule has 17 heteroatoms. The highest BCUT2D eigenvalue weighted by molar-refractivity contribution is 7.98. The molecule has 2 N–H and O–H groups in total. The molecule has 0 radical (unpaired) electrons. The van der Waals surface area contributed by atoms with Crippen LogP contribution in [0.1, 0.15) is 51.3 Å². The Labute approximate surface area is 310 Å². The predicted octanol–water partition coefficient (Wildman–Crippen LogP) is 3.00. The number of nitrogens with one attached hydrogen (secondary N) is 2. The van der Waals surface area contributed by atoms with E-state index in [0.717, 1.165) is 31.9 Å². The average molecular weight is 763 g/mol. The molecule has 6 unspecified atom stereocenters. The van der Waals surface area contributed by atoms with Crippen LogP contribution in [0, 0.1) is 0 Å². The van der Waals surface area contributed by atoms with Crippen molar-refractivity contribution >= 4 is 53.0 Å². The lowest BCUT2D eigenvalue weighted by Gasteiger charge is -2.44. The Bertz CT molecular complexity index is 1770. The van der Waals surface area contributed by atoms with Gasteiger partial charge in [-0.15, -0.1) is 11.8 Å². The first-order valence-corrected chi connectivity index (χ1v) is 17.8. The number of thiocarbonyl (C=S) groups is 1. The number of hydrogen-bond acceptors (Lipinski definition) is 15. The van der Waals surface area contributed by atoms with Crippen LogP contribution in [0.5, 0.6) is 17.2 Å². The SMILES string of the molecule is COc1cc2c(c(OC)c1OC)-c1ccc(SC)c(=O)cc1C(NC(=S)NC1OC(COC(C)=O)C(OC(C)=O)C(OC(C)=O)C1OC(C)=O)CC2. The molecule has 0 spiro atoms. The second-order valence-electron chi connectivity index (χ2n) is 11.8. The van der Waals surface area contributed by atoms with Crippen molar-refractivity contribution in [1.29, 1.82) is 0 Å². The summed E-state index contributed by atoms with van der Waals surface area (Å²) in [5.41, 5.74) is 2.70. The zero-order valence-corrected chi connectivity index (χ0v) is 31.7. The highest BCUT2D eigenvalue weighted by atomic mass is 32.2. The summed E-state index contributed by atoms with van der Waals surface area (Å²) in [6.07, 6.45) is -3.84. The minimum atomic E-state index is -1.39. The lowest BCUT2D eigenvalue weighted by atomic mass is 9.95. The number of rotatable bonds is 11. The van der Waals surface area contributed by atoms with Gasteiger partial charge in [0.1, 0.15) is 12.7 Å². The molecule has 1 aliphatic carbocycles. The Morgan fingerprint density at radius 2 is 1.48 bits per heavy atom. The third-order valence-electron chi connectivity index (χ3n) is 8.29. The smallest absolute Gasteiger partial charge is 0.303 e. The first-order chi connectivity index (χ1) is 24.7. The second-order valence-corrected chi connectivity index (χ2v) is 13.0. The lowest BCUT2D eigenvalue weighted by molar-refractivity contribution is -0.254. The Morgan fingerprint density at radius 1 is 0.846 bits per heavy atom. The topological polar surface area (TPSA) is 183 Å². The summed E-state index contributed by atoms with van der Waals surface area (Å²) >= 11 is 7.09. The number of carbonyl (C=O) groups excluding carboxylic acids is 4. The molecule has 2 aromatic rings. The molecule has 1 aliphatic heterocycles. The van der Waals surface area contributed by atoms with Crippen molar-refractivity contribution in [1.82, 2.24) is 10.6 Å². The monoisotopic (exact) mass is 762 g/mol. The summed E-state index contributed by atoms with van der Waals surface area (Å²) in [4.78, 5) is 62.4. The molecule has 0 bridgehead atoms. The van der Waals surface area contributed by atoms with Crippen LogP contribution < -0.4 is 30.3 Å². The van der Waals surface area contributed by atoms with Gasteiger partial charge in [0.2, 0.25) is 5.75 Å². The number of benzene rings is 1. The fraction of sp³-hybridized carbons (Fsp3) is 0.486. The number of methoxy groups -OCH3 is 3. The van der Waals surface area contributed by atoms with Gasteiger partial charge in [0, 0.05) is 33.3 Å². The van der Waals surface area contributed by atoms with Crippen LogP contribution in [-0.2, 0) is 49.3 Å². The van der Waals surface area contributed by atoms with Crippen molar-refractivity contribution in [2.45, 2.75) is 82.1 Å². The van der Waals surface area contributed by atoms with Crippen LogP contribution in [0.4, 0.5) is 0 Å². The summed E-state index contributed by atoms with van der Waals surface area (Å²) in [5.74, 6) is -1.63. The molecule has 4 rings (SSSR count). The maximum absolute atomic E-state index is 13.4. The summed E-state index contributed by atoms with van der Waals surface area (Å²) in [6, 6.07) is 6.47. The van der Waals surface area contributed by atoms with Crippen molar-refractivity contribution in [2.24, 2.45) is 0 Å². The van der Waals surface area contributed by atoms with Gasteiger partial charge < -0.3 is 48.5 Å². The van der Waals surface area contributed by atoms with Crippen LogP contribution in [0.15, 0.2) is 34.0 Å². The normalized spacial score (nSPS) is 21.8. The van der Waals surface area contributed by atoms with E-state index in [4.69, 9.17) is 50.1 Å². The fourth-order valence-electron chi connectivity index (χ4n) is 6.29. The molecule has 2 aliphatic rings. The van der Waals surface area contributed by atoms with E-state index in [1.165, 1.54) is 40.0 Å². The van der Waals surface area contributed by atoms with E-state index in [2.05, 4.69) is 10.6 Å². The molecule has 1 fully saturated rings. The molecular weight excluding hydrogens is 721 g/mol. The van der Waals surface area contributed by atoms with Gasteiger partial charge in [0.05, 0.1) is 32.3 Å². The van der Waals surface area contributed by atoms with E-state index >= 15 is 0 Å². The van der Waals surface area contributed by atoms with Crippen LogP contribution >= 0.6 is 24.0 Å². The third kappa shape index (κ3) is 9.24. The standard InChI is InChI=1S/C35H42N2O13S2/c1-16(38)46-15-26-30(47-17(2)39)32(48-18(3)40)33(49-19(4)41)34(50-26)37-35(51)36-23-11-9-20-13-25(43-5)29(44-6)31(45-7)28(20)21-10-12-27(52-8)24(42)14-22(21)23/h10,12-14,23,26,30,32-34H,9,11,15H2,1-8H3,(H2,36,37,51). The summed E-state index contributed by atoms with van der Waals surface area (Å²) in [5, 5.41) is 6.28. The van der Waals surface area contributed by atoms with E-state index < -0.39 is 67.2 Å². The molecule has 0 saturated carbocycles. The van der Waals surface area contributed by atoms with Gasteiger partial charge in [-0.2, -0.15) is 0 Å². The zero-order valence-electron chi connectivity index (χ0n) is 30.0. The highest BCUT2D eigenvalue weighted by Gasteiger charge is 2.52. The number of ether oxygens (including phenoxy) is 8. The van der Waals surface area contributed by atoms with Gasteiger partial charge in [-0.25, -0.2) is 0 Å². The highest BCUT2D eigenvalue weighted by Crippen LogP contribution is 2.50. The molecule has 1 heterocycles. The number of hydrogen-bond donors (Lipinski definition) is 2. The Morgan fingerprint density at radius 3 is 2.06 bits per heavy atom. The van der Waals surface area contributed by atoms with Crippen LogP contribution in [0.25, 0.3) is 11.1 Å². The van der Waals surface area contributed by atoms with Gasteiger partial charge in [-0.3, -0.25) is 24.0 Å². The number of aryl methyl sites for hydroxylation is 1. The van der Waals surface area contributed by atoms with Gasteiger partial charge in [-0.05, 0) is 66.2 Å². The van der Waals surface area contributed by atoms with E-state index in [1.54, 1.807) is 12.1 Å². The fourth-order valence-corrected chi connectivity index (χ4v) is 7.01. The number of esters is 4. The van der Waals surface area contributed by atoms with Gasteiger partial charge in [0.25, 0.3) is 0 Å². The van der Waals surface area contributed by atoms with E-state index in [1.807, 2.05) is 18.4 Å². The van der Waals surface area contributed by atoms with Gasteiger partial charge in [-0.1, -0.05) is 6.07 Å². The summed E-state index contributed by atoms with van der Waals surface area (Å²) in [6.45, 7) is 4.20. The molecule has 282 valence electrons. The van der Waals surface area contributed by atoms with Crippen LogP contribution in [0.3, 0.4) is 0 Å². The maximum atomic E-state index is 13.4. The van der Waals surface area contributed by atoms with Crippen molar-refractivity contribution in [3.05, 3.63) is 45.6 Å². The summed E-state index contributed by atoms with van der Waals surface area (Å²) < 4.78 is 45.1. The maximum Gasteiger partial charge on any atom is 0.303 e. The molecule has 1 saturated heterocycles. The van der Waals surface area contributed by atoms with E-state index in [0.29, 0.717) is 46.1 Å². The Hall–Kier alpha value is -4.61. The second kappa shape index (κ2) is 17.7. The summed E-state index contributed by atoms with van der Waals surface area (Å²) in [7, 11) is 4.57. The van der Waals surface area contributed by atoms with E-state index in [9.17, 15) is 24.0 Å². The van der Waals surface area contributed by atoms with E-state index in [-0.39, 0.29) is 10.5 Å². The van der Waals surface area contributed by atoms with Crippen molar-refractivity contribution in [3.8, 4) is 28.4 Å². The minimum Gasteiger partial charge on any atom is -0.493 e. The first kappa shape index (κ1) is 40.2. The predicted molar refractivity (Wildman–Crippen MR) is 191 cm³/mol. The van der Waals surface area contributed by atoms with Crippen molar-refractivity contribution in [3.63, 3.8) is 0 Å². The Kier molecular flexibility index (Phi) is 13.7. The van der Waals surface area contributed by atoms with Crippen molar-refractivity contribution < 1.29 is 57.1 Å². The van der Waals surface area contributed by atoms with Gasteiger partial charge >= 0.3 is 23.9 Å². The number of thioether (sulfide) groups is 1. The first-order valence-electron chi connectivity index (χ1n) is 16.1. The van der Waals surface area contributed by atoms with Crippen LogP contribution in [-0.4, -0.2) is 93.8 Å². The zero-order chi connectivity index (χ0) is 38.3. The number of fused-ring (bicyclic) bond motifs is 3. The van der Waals surface area contributed by atoms with Crippen molar-refractivity contribution in [2.75, 3.05) is 34.2 Å². The average Bonchev–Trinajstić information content (AvgIpc) is 3.32. The quantitative estimate of drug-likeness (QED) is 0.147. The van der Waals surface area contributed by atoms with Gasteiger partial charge in [0.15, 0.2) is 46.6 Å². The lowest BCUT2D eigenvalue weighted by Crippen LogP contribution is -2.66. The number of carbonyl (C=O) groups is 4. The molecule has 6 atom stereocenters. The molecule has 0 amide bonds. The third-order valence-corrected chi connectivity index (χ3v) is 9.30. The van der Waals surface area contributed by atoms with Crippen LogP contribution in [0.2, 0.25) is 0 Å². The largest absolute Gasteiger partial charge is 0.493 e. The molecule has 0 aromatic heterocycles. The Balaban J connectivity index is 1.77. The molecular formula is C35H42N2O13S2. The molecule has 52 heavy (non-hydrogen) atoms.